The van der Waals surface area contributed by atoms with Crippen molar-refractivity contribution in [1.82, 2.24) is 0 Å². The third-order valence-electron chi connectivity index (χ3n) is 2.95. The summed E-state index contributed by atoms with van der Waals surface area (Å²) in [6, 6.07) is 14.2. The van der Waals surface area contributed by atoms with Crippen molar-refractivity contribution in [2.45, 2.75) is 19.4 Å². The van der Waals surface area contributed by atoms with Gasteiger partial charge < -0.3 is 5.73 Å². The van der Waals surface area contributed by atoms with E-state index in [9.17, 15) is 0 Å². The van der Waals surface area contributed by atoms with E-state index in [1.165, 1.54) is 5.56 Å². The highest BCUT2D eigenvalue weighted by atomic mass is 79.9. The van der Waals surface area contributed by atoms with Gasteiger partial charge in [-0.15, -0.1) is 0 Å². The first-order valence-corrected chi connectivity index (χ1v) is 6.99. The second-order valence-electron chi connectivity index (χ2n) is 4.45. The molecule has 2 aromatic carbocycles. The van der Waals surface area contributed by atoms with Crippen molar-refractivity contribution in [3.63, 3.8) is 0 Å². The first-order valence-electron chi connectivity index (χ1n) is 5.82. The molecule has 94 valence electrons. The van der Waals surface area contributed by atoms with E-state index in [4.69, 9.17) is 17.3 Å². The fourth-order valence-corrected chi connectivity index (χ4v) is 2.50. The predicted molar refractivity (Wildman–Crippen MR) is 81.0 cm³/mol. The Morgan fingerprint density at radius 2 is 2.00 bits per heavy atom. The van der Waals surface area contributed by atoms with E-state index in [0.29, 0.717) is 0 Å². The van der Waals surface area contributed by atoms with Crippen LogP contribution in [0.5, 0.6) is 0 Å². The van der Waals surface area contributed by atoms with E-state index in [1.54, 1.807) is 0 Å². The zero-order valence-corrected chi connectivity index (χ0v) is 12.5. The number of rotatable bonds is 3. The van der Waals surface area contributed by atoms with Gasteiger partial charge >= 0.3 is 0 Å². The number of hydrogen-bond acceptors (Lipinski definition) is 1. The minimum atomic E-state index is -0.00438. The van der Waals surface area contributed by atoms with Gasteiger partial charge in [0.05, 0.1) is 0 Å². The topological polar surface area (TPSA) is 26.0 Å². The summed E-state index contributed by atoms with van der Waals surface area (Å²) in [5.41, 5.74) is 9.65. The number of benzene rings is 2. The molecule has 0 heterocycles. The van der Waals surface area contributed by atoms with Gasteiger partial charge in [-0.25, -0.2) is 0 Å². The minimum absolute atomic E-state index is 0.00438. The number of aryl methyl sites for hydroxylation is 1. The molecule has 0 saturated heterocycles. The van der Waals surface area contributed by atoms with Crippen molar-refractivity contribution in [2.24, 2.45) is 5.73 Å². The third kappa shape index (κ3) is 3.35. The highest BCUT2D eigenvalue weighted by Crippen LogP contribution is 2.23. The molecular formula is C15H15BrClN. The Balaban J connectivity index is 2.16. The lowest BCUT2D eigenvalue weighted by molar-refractivity contribution is 0.721. The molecule has 3 heteroatoms. The second kappa shape index (κ2) is 5.87. The van der Waals surface area contributed by atoms with Crippen molar-refractivity contribution < 1.29 is 0 Å². The Hall–Kier alpha value is -0.830. The summed E-state index contributed by atoms with van der Waals surface area (Å²) in [6.07, 6.45) is 0.820. The Morgan fingerprint density at radius 1 is 1.22 bits per heavy atom. The summed E-state index contributed by atoms with van der Waals surface area (Å²) >= 11 is 9.49. The molecule has 1 unspecified atom stereocenters. The van der Waals surface area contributed by atoms with Crippen LogP contribution in [0.25, 0.3) is 0 Å². The maximum absolute atomic E-state index is 6.24. The largest absolute Gasteiger partial charge is 0.324 e. The van der Waals surface area contributed by atoms with Gasteiger partial charge in [-0.3, -0.25) is 0 Å². The van der Waals surface area contributed by atoms with Crippen molar-refractivity contribution >= 4 is 27.5 Å². The predicted octanol–water partition coefficient (Wildman–Crippen LogP) is 4.65. The maximum atomic E-state index is 6.24. The van der Waals surface area contributed by atoms with E-state index in [-0.39, 0.29) is 6.04 Å². The standard InChI is InChI=1S/C15H15BrClN/c1-10-7-12(5-6-14(10)17)15(18)9-11-3-2-4-13(16)8-11/h2-8,15H,9,18H2,1H3. The summed E-state index contributed by atoms with van der Waals surface area (Å²) in [5.74, 6) is 0. The fourth-order valence-electron chi connectivity index (χ4n) is 1.93. The molecule has 2 N–H and O–H groups in total. The smallest absolute Gasteiger partial charge is 0.0435 e. The second-order valence-corrected chi connectivity index (χ2v) is 5.77. The quantitative estimate of drug-likeness (QED) is 0.873. The molecule has 2 rings (SSSR count). The molecule has 0 amide bonds. The molecule has 0 aliphatic rings. The van der Waals surface area contributed by atoms with Gasteiger partial charge in [0, 0.05) is 15.5 Å². The van der Waals surface area contributed by atoms with Crippen LogP contribution in [0, 0.1) is 6.92 Å². The van der Waals surface area contributed by atoms with Crippen LogP contribution < -0.4 is 5.73 Å². The molecule has 0 fully saturated rings. The summed E-state index contributed by atoms with van der Waals surface area (Å²) < 4.78 is 1.08. The minimum Gasteiger partial charge on any atom is -0.324 e. The Kier molecular flexibility index (Phi) is 4.44. The van der Waals surface area contributed by atoms with Crippen LogP contribution in [0.4, 0.5) is 0 Å². The lowest BCUT2D eigenvalue weighted by Gasteiger charge is -2.13. The molecule has 1 atom stereocenters. The van der Waals surface area contributed by atoms with Crippen LogP contribution >= 0.6 is 27.5 Å². The van der Waals surface area contributed by atoms with Crippen LogP contribution in [0.3, 0.4) is 0 Å². The van der Waals surface area contributed by atoms with Gasteiger partial charge in [0.25, 0.3) is 0 Å². The summed E-state index contributed by atoms with van der Waals surface area (Å²) in [7, 11) is 0. The maximum Gasteiger partial charge on any atom is 0.0435 e. The molecule has 0 radical (unpaired) electrons. The van der Waals surface area contributed by atoms with Gasteiger partial charge in [-0.2, -0.15) is 0 Å². The molecule has 0 aliphatic carbocycles. The third-order valence-corrected chi connectivity index (χ3v) is 3.87. The molecular weight excluding hydrogens is 310 g/mol. The van der Waals surface area contributed by atoms with Crippen molar-refractivity contribution in [2.75, 3.05) is 0 Å². The number of nitrogens with two attached hydrogens (primary N) is 1. The monoisotopic (exact) mass is 323 g/mol. The Labute approximate surface area is 121 Å². The molecule has 0 aliphatic heterocycles. The Morgan fingerprint density at radius 3 is 2.67 bits per heavy atom. The zero-order valence-electron chi connectivity index (χ0n) is 10.2. The van der Waals surface area contributed by atoms with Gasteiger partial charge in [-0.05, 0) is 48.2 Å². The molecule has 2 aromatic rings. The van der Waals surface area contributed by atoms with Crippen LogP contribution in [-0.2, 0) is 6.42 Å². The summed E-state index contributed by atoms with van der Waals surface area (Å²) in [5, 5.41) is 0.786. The molecule has 0 spiro atoms. The van der Waals surface area contributed by atoms with Crippen molar-refractivity contribution in [3.8, 4) is 0 Å². The number of hydrogen-bond donors (Lipinski definition) is 1. The van der Waals surface area contributed by atoms with E-state index in [1.807, 2.05) is 31.2 Å². The average Bonchev–Trinajstić information content (AvgIpc) is 2.32. The first kappa shape index (κ1) is 13.6. The lowest BCUT2D eigenvalue weighted by atomic mass is 9.98. The molecule has 0 saturated carbocycles. The fraction of sp³-hybridized carbons (Fsp3) is 0.200. The van der Waals surface area contributed by atoms with Crippen LogP contribution in [0.15, 0.2) is 46.9 Å². The summed E-state index contributed by atoms with van der Waals surface area (Å²) in [6.45, 7) is 2.00. The molecule has 0 bridgehead atoms. The highest BCUT2D eigenvalue weighted by Gasteiger charge is 2.08. The van der Waals surface area contributed by atoms with Crippen molar-refractivity contribution in [1.29, 1.82) is 0 Å². The van der Waals surface area contributed by atoms with Gasteiger partial charge in [0.1, 0.15) is 0 Å². The molecule has 1 nitrogen and oxygen atoms in total. The van der Waals surface area contributed by atoms with E-state index in [0.717, 1.165) is 27.0 Å². The van der Waals surface area contributed by atoms with Crippen molar-refractivity contribution in [3.05, 3.63) is 68.7 Å². The normalized spacial score (nSPS) is 12.4. The van der Waals surface area contributed by atoms with Gasteiger partial charge in [0.15, 0.2) is 0 Å². The van der Waals surface area contributed by atoms with Gasteiger partial charge in [0.2, 0.25) is 0 Å². The van der Waals surface area contributed by atoms with E-state index >= 15 is 0 Å². The number of halogens is 2. The molecule has 18 heavy (non-hydrogen) atoms. The van der Waals surface area contributed by atoms with Crippen LogP contribution in [0.1, 0.15) is 22.7 Å². The summed E-state index contributed by atoms with van der Waals surface area (Å²) in [4.78, 5) is 0. The molecule has 0 aromatic heterocycles. The first-order chi connectivity index (χ1) is 8.56. The SMILES string of the molecule is Cc1cc(C(N)Cc2cccc(Br)c2)ccc1Cl. The van der Waals surface area contributed by atoms with E-state index < -0.39 is 0 Å². The Bertz CT molecular complexity index is 554. The highest BCUT2D eigenvalue weighted by molar-refractivity contribution is 9.10. The zero-order chi connectivity index (χ0) is 13.1. The average molecular weight is 325 g/mol. The van der Waals surface area contributed by atoms with Gasteiger partial charge in [-0.1, -0.05) is 51.8 Å². The lowest BCUT2D eigenvalue weighted by Crippen LogP contribution is -2.13. The van der Waals surface area contributed by atoms with E-state index in [2.05, 4.69) is 34.1 Å². The van der Waals surface area contributed by atoms with Crippen LogP contribution in [-0.4, -0.2) is 0 Å². The van der Waals surface area contributed by atoms with Crippen LogP contribution in [0.2, 0.25) is 5.02 Å².